The lowest BCUT2D eigenvalue weighted by Gasteiger charge is -2.06. The molecule has 0 spiro atoms. The molecule has 0 radical (unpaired) electrons. The summed E-state index contributed by atoms with van der Waals surface area (Å²) in [5.74, 6) is 0.686. The Labute approximate surface area is 102 Å². The molecule has 0 amide bonds. The summed E-state index contributed by atoms with van der Waals surface area (Å²) in [5, 5.41) is 0. The lowest BCUT2D eigenvalue weighted by molar-refractivity contribution is 0.670. The average Bonchev–Trinajstić information content (AvgIpc) is 2.30. The van der Waals surface area contributed by atoms with Gasteiger partial charge in [0.2, 0.25) is 0 Å². The summed E-state index contributed by atoms with van der Waals surface area (Å²) < 4.78 is 0. The average molecular weight is 220 g/mol. The smallest absolute Gasteiger partial charge is 0.0164 e. The lowest BCUT2D eigenvalue weighted by atomic mass is 9.99. The molecule has 0 aliphatic heterocycles. The molecule has 0 saturated heterocycles. The van der Waals surface area contributed by atoms with Crippen molar-refractivity contribution in [2.75, 3.05) is 0 Å². The zero-order chi connectivity index (χ0) is 12.1. The Kier molecular flexibility index (Phi) is 11.7. The monoisotopic (exact) mass is 220 g/mol. The van der Waals surface area contributed by atoms with Crippen molar-refractivity contribution in [3.63, 3.8) is 0 Å². The predicted octanol–water partition coefficient (Wildman–Crippen LogP) is 5.67. The number of rotatable bonds is 9. The van der Waals surface area contributed by atoms with E-state index in [4.69, 9.17) is 0 Å². The molecule has 0 heterocycles. The molecule has 0 saturated carbocycles. The van der Waals surface area contributed by atoms with E-state index in [1.54, 1.807) is 0 Å². The van der Waals surface area contributed by atoms with Crippen molar-refractivity contribution in [2.45, 2.75) is 59.3 Å². The van der Waals surface area contributed by atoms with E-state index < -0.39 is 0 Å². The van der Waals surface area contributed by atoms with E-state index in [0.29, 0.717) is 5.92 Å². The maximum absolute atomic E-state index is 2.34. The standard InChI is InChI=1S/C16H28/c1-4-7-9-11-14-16(13-6-3)15-12-10-8-5-2/h6,9-13,16H,4-5,7-8,14-15H2,1-3H3/b11-9+,12-10+,13-6+. The van der Waals surface area contributed by atoms with Gasteiger partial charge in [-0.15, -0.1) is 0 Å². The summed E-state index contributed by atoms with van der Waals surface area (Å²) >= 11 is 0. The fourth-order valence-corrected chi connectivity index (χ4v) is 1.64. The molecule has 0 aromatic rings. The second-order valence-electron chi connectivity index (χ2n) is 4.28. The van der Waals surface area contributed by atoms with Crippen molar-refractivity contribution in [1.29, 1.82) is 0 Å². The van der Waals surface area contributed by atoms with Gasteiger partial charge in [0.15, 0.2) is 0 Å². The van der Waals surface area contributed by atoms with Crippen LogP contribution in [0, 0.1) is 5.92 Å². The van der Waals surface area contributed by atoms with Crippen molar-refractivity contribution in [2.24, 2.45) is 5.92 Å². The predicted molar refractivity (Wildman–Crippen MR) is 75.6 cm³/mol. The van der Waals surface area contributed by atoms with Crippen LogP contribution in [0.25, 0.3) is 0 Å². The Morgan fingerprint density at radius 2 is 1.31 bits per heavy atom. The van der Waals surface area contributed by atoms with Crippen molar-refractivity contribution < 1.29 is 0 Å². The normalized spacial score (nSPS) is 12.8. The minimum Gasteiger partial charge on any atom is -0.0914 e. The molecular formula is C16H28. The van der Waals surface area contributed by atoms with Crippen molar-refractivity contribution >= 4 is 0 Å². The molecule has 0 aliphatic carbocycles. The number of hydrogen-bond acceptors (Lipinski definition) is 0. The molecule has 0 aliphatic rings. The Hall–Kier alpha value is -0.780. The van der Waals surface area contributed by atoms with Crippen LogP contribution in [-0.2, 0) is 0 Å². The summed E-state index contributed by atoms with van der Waals surface area (Å²) in [4.78, 5) is 0. The molecule has 0 fully saturated rings. The maximum Gasteiger partial charge on any atom is -0.0164 e. The van der Waals surface area contributed by atoms with Gasteiger partial charge in [-0.25, -0.2) is 0 Å². The van der Waals surface area contributed by atoms with Crippen molar-refractivity contribution in [3.8, 4) is 0 Å². The SMILES string of the molecule is C/C=C/C(C/C=C/CCC)C/C=C/CCC. The molecule has 0 aromatic carbocycles. The van der Waals surface area contributed by atoms with E-state index in [1.807, 2.05) is 0 Å². The van der Waals surface area contributed by atoms with Crippen molar-refractivity contribution in [1.82, 2.24) is 0 Å². The van der Waals surface area contributed by atoms with E-state index in [-0.39, 0.29) is 0 Å². The summed E-state index contributed by atoms with van der Waals surface area (Å²) in [6.45, 7) is 6.56. The Morgan fingerprint density at radius 1 is 0.812 bits per heavy atom. The van der Waals surface area contributed by atoms with Gasteiger partial charge in [-0.3, -0.25) is 0 Å². The third-order valence-electron chi connectivity index (χ3n) is 2.59. The van der Waals surface area contributed by atoms with Crippen LogP contribution in [0.1, 0.15) is 59.3 Å². The molecule has 0 unspecified atom stereocenters. The number of allylic oxidation sites excluding steroid dienone is 6. The van der Waals surface area contributed by atoms with Gasteiger partial charge < -0.3 is 0 Å². The quantitative estimate of drug-likeness (QED) is 0.439. The van der Waals surface area contributed by atoms with Gasteiger partial charge in [0.1, 0.15) is 0 Å². The van der Waals surface area contributed by atoms with Crippen LogP contribution in [-0.4, -0.2) is 0 Å². The summed E-state index contributed by atoms with van der Waals surface area (Å²) in [5.41, 5.74) is 0. The highest BCUT2D eigenvalue weighted by molar-refractivity contribution is 4.96. The summed E-state index contributed by atoms with van der Waals surface area (Å²) in [6.07, 6.45) is 21.1. The second kappa shape index (κ2) is 12.3. The Morgan fingerprint density at radius 3 is 1.69 bits per heavy atom. The summed E-state index contributed by atoms with van der Waals surface area (Å²) in [6, 6.07) is 0. The molecule has 0 nitrogen and oxygen atoms in total. The van der Waals surface area contributed by atoms with Crippen LogP contribution in [0.2, 0.25) is 0 Å². The second-order valence-corrected chi connectivity index (χ2v) is 4.28. The van der Waals surface area contributed by atoms with E-state index >= 15 is 0 Å². The van der Waals surface area contributed by atoms with Crippen LogP contribution in [0.4, 0.5) is 0 Å². The van der Waals surface area contributed by atoms with Crippen LogP contribution < -0.4 is 0 Å². The fraction of sp³-hybridized carbons (Fsp3) is 0.625. The van der Waals surface area contributed by atoms with Gasteiger partial charge in [-0.1, -0.05) is 63.1 Å². The van der Waals surface area contributed by atoms with Crippen LogP contribution in [0.5, 0.6) is 0 Å². The summed E-state index contributed by atoms with van der Waals surface area (Å²) in [7, 11) is 0. The molecule has 92 valence electrons. The largest absolute Gasteiger partial charge is 0.0914 e. The van der Waals surface area contributed by atoms with Gasteiger partial charge in [0.25, 0.3) is 0 Å². The molecule has 0 N–H and O–H groups in total. The Bertz CT molecular complexity index is 190. The first kappa shape index (κ1) is 15.2. The molecule has 16 heavy (non-hydrogen) atoms. The molecule has 0 atom stereocenters. The van der Waals surface area contributed by atoms with Crippen LogP contribution in [0.15, 0.2) is 36.5 Å². The van der Waals surface area contributed by atoms with Crippen molar-refractivity contribution in [3.05, 3.63) is 36.5 Å². The zero-order valence-corrected chi connectivity index (χ0v) is 11.3. The minimum absolute atomic E-state index is 0.686. The van der Waals surface area contributed by atoms with Gasteiger partial charge in [0, 0.05) is 0 Å². The first-order valence-corrected chi connectivity index (χ1v) is 6.77. The van der Waals surface area contributed by atoms with Gasteiger partial charge in [-0.05, 0) is 38.5 Å². The van der Waals surface area contributed by atoms with Gasteiger partial charge in [0.05, 0.1) is 0 Å². The number of unbranched alkanes of at least 4 members (excludes halogenated alkanes) is 2. The topological polar surface area (TPSA) is 0 Å². The number of hydrogen-bond donors (Lipinski definition) is 0. The lowest BCUT2D eigenvalue weighted by Crippen LogP contribution is -1.92. The van der Waals surface area contributed by atoms with Gasteiger partial charge in [-0.2, -0.15) is 0 Å². The maximum atomic E-state index is 2.34. The van der Waals surface area contributed by atoms with E-state index in [1.165, 1.54) is 38.5 Å². The molecular weight excluding hydrogens is 192 g/mol. The molecule has 0 heteroatoms. The zero-order valence-electron chi connectivity index (χ0n) is 11.3. The third-order valence-corrected chi connectivity index (χ3v) is 2.59. The van der Waals surface area contributed by atoms with Crippen LogP contribution in [0.3, 0.4) is 0 Å². The van der Waals surface area contributed by atoms with E-state index in [9.17, 15) is 0 Å². The molecule has 0 rings (SSSR count). The third kappa shape index (κ3) is 9.76. The first-order chi connectivity index (χ1) is 7.85. The highest BCUT2D eigenvalue weighted by Crippen LogP contribution is 2.13. The highest BCUT2D eigenvalue weighted by atomic mass is 14.0. The Balaban J connectivity index is 3.87. The minimum atomic E-state index is 0.686. The van der Waals surface area contributed by atoms with Crippen LogP contribution >= 0.6 is 0 Å². The molecule has 0 aromatic heterocycles. The molecule has 0 bridgehead atoms. The van der Waals surface area contributed by atoms with E-state index in [0.717, 1.165) is 0 Å². The highest BCUT2D eigenvalue weighted by Gasteiger charge is 1.98. The van der Waals surface area contributed by atoms with E-state index in [2.05, 4.69) is 57.2 Å². The first-order valence-electron chi connectivity index (χ1n) is 6.77. The fourth-order valence-electron chi connectivity index (χ4n) is 1.64. The van der Waals surface area contributed by atoms with Gasteiger partial charge >= 0.3 is 0 Å².